The summed E-state index contributed by atoms with van der Waals surface area (Å²) in [5.74, 6) is 0.0591. The van der Waals surface area contributed by atoms with Crippen LogP contribution in [0.3, 0.4) is 0 Å². The zero-order chi connectivity index (χ0) is 13.0. The maximum atomic E-state index is 11.2. The van der Waals surface area contributed by atoms with Crippen molar-refractivity contribution in [2.24, 2.45) is 11.7 Å². The molecule has 0 spiro atoms. The fourth-order valence-corrected chi connectivity index (χ4v) is 2.55. The summed E-state index contributed by atoms with van der Waals surface area (Å²) < 4.78 is 5.58. The van der Waals surface area contributed by atoms with Crippen molar-refractivity contribution in [1.29, 1.82) is 0 Å². The minimum Gasteiger partial charge on any atom is -0.493 e. The summed E-state index contributed by atoms with van der Waals surface area (Å²) in [7, 11) is 0. The van der Waals surface area contributed by atoms with Gasteiger partial charge in [-0.05, 0) is 43.4 Å². The number of ether oxygens (including phenoxy) is 1. The predicted molar refractivity (Wildman–Crippen MR) is 68.7 cm³/mol. The van der Waals surface area contributed by atoms with Crippen LogP contribution in [0.5, 0.6) is 5.75 Å². The minimum atomic E-state index is -0.746. The number of para-hydroxylation sites is 1. The molecule has 0 aliphatic carbocycles. The average molecular weight is 249 g/mol. The van der Waals surface area contributed by atoms with Crippen LogP contribution in [0, 0.1) is 5.92 Å². The molecular formula is C14H19NO3. The molecule has 0 aromatic heterocycles. The van der Waals surface area contributed by atoms with E-state index in [4.69, 9.17) is 10.5 Å². The normalized spacial score (nSPS) is 19.7. The van der Waals surface area contributed by atoms with Crippen LogP contribution < -0.4 is 10.5 Å². The highest BCUT2D eigenvalue weighted by molar-refractivity contribution is 5.70. The Morgan fingerprint density at radius 2 is 2.28 bits per heavy atom. The molecule has 98 valence electrons. The Morgan fingerprint density at radius 3 is 3.00 bits per heavy atom. The molecule has 1 aromatic rings. The Kier molecular flexibility index (Phi) is 4.20. The number of hydrogen-bond acceptors (Lipinski definition) is 3. The van der Waals surface area contributed by atoms with Gasteiger partial charge in [-0.3, -0.25) is 4.79 Å². The highest BCUT2D eigenvalue weighted by Crippen LogP contribution is 2.37. The third kappa shape index (κ3) is 2.82. The Bertz CT molecular complexity index is 419. The number of rotatable bonds is 5. The molecule has 1 aliphatic rings. The number of fused-ring (bicyclic) bond motifs is 1. The third-order valence-electron chi connectivity index (χ3n) is 3.52. The molecule has 1 aromatic carbocycles. The van der Waals surface area contributed by atoms with Crippen LogP contribution in [0.4, 0.5) is 0 Å². The van der Waals surface area contributed by atoms with Crippen molar-refractivity contribution in [3.63, 3.8) is 0 Å². The van der Waals surface area contributed by atoms with E-state index in [2.05, 4.69) is 0 Å². The Balaban J connectivity index is 2.12. The van der Waals surface area contributed by atoms with Gasteiger partial charge in [-0.25, -0.2) is 0 Å². The van der Waals surface area contributed by atoms with Crippen molar-refractivity contribution in [3.05, 3.63) is 29.8 Å². The molecule has 0 bridgehead atoms. The summed E-state index contributed by atoms with van der Waals surface area (Å²) in [5, 5.41) is 9.20. The van der Waals surface area contributed by atoms with Gasteiger partial charge in [-0.1, -0.05) is 18.2 Å². The highest BCUT2D eigenvalue weighted by Gasteiger charge is 2.27. The van der Waals surface area contributed by atoms with E-state index < -0.39 is 5.97 Å². The Labute approximate surface area is 107 Å². The molecule has 0 saturated heterocycles. The predicted octanol–water partition coefficient (Wildman–Crippen LogP) is 1.99. The summed E-state index contributed by atoms with van der Waals surface area (Å²) >= 11 is 0. The lowest BCUT2D eigenvalue weighted by Gasteiger charge is -2.27. The van der Waals surface area contributed by atoms with Crippen LogP contribution in [-0.2, 0) is 4.79 Å². The second-order valence-electron chi connectivity index (χ2n) is 4.72. The first-order valence-electron chi connectivity index (χ1n) is 6.37. The molecule has 1 aliphatic heterocycles. The van der Waals surface area contributed by atoms with E-state index in [1.807, 2.05) is 24.3 Å². The van der Waals surface area contributed by atoms with Gasteiger partial charge in [0.05, 0.1) is 12.5 Å². The van der Waals surface area contributed by atoms with Crippen molar-refractivity contribution in [2.75, 3.05) is 13.2 Å². The molecule has 4 nitrogen and oxygen atoms in total. The summed E-state index contributed by atoms with van der Waals surface area (Å²) in [5.41, 5.74) is 6.61. The van der Waals surface area contributed by atoms with E-state index in [0.29, 0.717) is 26.0 Å². The smallest absolute Gasteiger partial charge is 0.306 e. The first-order chi connectivity index (χ1) is 8.72. The fourth-order valence-electron chi connectivity index (χ4n) is 2.55. The minimum absolute atomic E-state index is 0.266. The van der Waals surface area contributed by atoms with Crippen molar-refractivity contribution in [1.82, 2.24) is 0 Å². The Hall–Kier alpha value is -1.55. The fraction of sp³-hybridized carbons (Fsp3) is 0.500. The van der Waals surface area contributed by atoms with E-state index in [9.17, 15) is 9.90 Å². The summed E-state index contributed by atoms with van der Waals surface area (Å²) in [4.78, 5) is 11.2. The van der Waals surface area contributed by atoms with E-state index in [-0.39, 0.29) is 11.8 Å². The van der Waals surface area contributed by atoms with Gasteiger partial charge in [0.15, 0.2) is 0 Å². The lowest BCUT2D eigenvalue weighted by molar-refractivity contribution is -0.142. The first-order valence-corrected chi connectivity index (χ1v) is 6.37. The van der Waals surface area contributed by atoms with Crippen LogP contribution in [-0.4, -0.2) is 24.2 Å². The highest BCUT2D eigenvalue weighted by atomic mass is 16.5. The molecule has 2 unspecified atom stereocenters. The van der Waals surface area contributed by atoms with E-state index >= 15 is 0 Å². The van der Waals surface area contributed by atoms with Gasteiger partial charge < -0.3 is 15.6 Å². The average Bonchev–Trinajstić information content (AvgIpc) is 2.38. The molecule has 0 radical (unpaired) electrons. The number of carboxylic acid groups (broad SMARTS) is 1. The molecule has 1 heterocycles. The molecule has 2 rings (SSSR count). The number of carboxylic acids is 1. The molecular weight excluding hydrogens is 230 g/mol. The van der Waals surface area contributed by atoms with Gasteiger partial charge in [0.1, 0.15) is 5.75 Å². The lowest BCUT2D eigenvalue weighted by Crippen LogP contribution is -2.23. The van der Waals surface area contributed by atoms with Gasteiger partial charge in [0.25, 0.3) is 0 Å². The number of aliphatic carboxylic acids is 1. The van der Waals surface area contributed by atoms with E-state index in [1.165, 1.54) is 0 Å². The Morgan fingerprint density at radius 1 is 1.50 bits per heavy atom. The number of benzene rings is 1. The second-order valence-corrected chi connectivity index (χ2v) is 4.72. The van der Waals surface area contributed by atoms with Gasteiger partial charge >= 0.3 is 5.97 Å². The van der Waals surface area contributed by atoms with Crippen LogP contribution in [0.25, 0.3) is 0 Å². The van der Waals surface area contributed by atoms with Gasteiger partial charge in [0, 0.05) is 0 Å². The van der Waals surface area contributed by atoms with E-state index in [1.54, 1.807) is 0 Å². The molecule has 0 amide bonds. The quantitative estimate of drug-likeness (QED) is 0.837. The first kappa shape index (κ1) is 12.9. The van der Waals surface area contributed by atoms with Gasteiger partial charge in [-0.2, -0.15) is 0 Å². The maximum Gasteiger partial charge on any atom is 0.306 e. The largest absolute Gasteiger partial charge is 0.493 e. The van der Waals surface area contributed by atoms with Crippen LogP contribution >= 0.6 is 0 Å². The molecule has 18 heavy (non-hydrogen) atoms. The zero-order valence-corrected chi connectivity index (χ0v) is 10.3. The number of carbonyl (C=O) groups is 1. The second kappa shape index (κ2) is 5.87. The van der Waals surface area contributed by atoms with Crippen LogP contribution in [0.15, 0.2) is 24.3 Å². The van der Waals surface area contributed by atoms with Gasteiger partial charge in [-0.15, -0.1) is 0 Å². The molecule has 3 N–H and O–H groups in total. The monoisotopic (exact) mass is 249 g/mol. The molecule has 2 atom stereocenters. The van der Waals surface area contributed by atoms with Gasteiger partial charge in [0.2, 0.25) is 0 Å². The number of nitrogens with two attached hydrogens (primary N) is 1. The SMILES string of the molecule is NCCC(CC1CCOc2ccccc21)C(=O)O. The van der Waals surface area contributed by atoms with Crippen molar-refractivity contribution >= 4 is 5.97 Å². The summed E-state index contributed by atoms with van der Waals surface area (Å²) in [6.07, 6.45) is 2.06. The maximum absolute atomic E-state index is 11.2. The lowest BCUT2D eigenvalue weighted by atomic mass is 9.84. The standard InChI is InChI=1S/C14H19NO3/c15-7-5-11(14(16)17)9-10-6-8-18-13-4-2-1-3-12(10)13/h1-4,10-11H,5-9,15H2,(H,16,17). The van der Waals surface area contributed by atoms with Crippen molar-refractivity contribution in [2.45, 2.75) is 25.2 Å². The molecule has 4 heteroatoms. The summed E-state index contributed by atoms with van der Waals surface area (Å²) in [6, 6.07) is 7.88. The third-order valence-corrected chi connectivity index (χ3v) is 3.52. The molecule has 0 fully saturated rings. The van der Waals surface area contributed by atoms with Crippen LogP contribution in [0.2, 0.25) is 0 Å². The zero-order valence-electron chi connectivity index (χ0n) is 10.3. The topological polar surface area (TPSA) is 72.5 Å². The van der Waals surface area contributed by atoms with Crippen LogP contribution in [0.1, 0.15) is 30.7 Å². The number of hydrogen-bond donors (Lipinski definition) is 2. The summed E-state index contributed by atoms with van der Waals surface area (Å²) in [6.45, 7) is 1.08. The molecule has 0 saturated carbocycles. The van der Waals surface area contributed by atoms with Crippen molar-refractivity contribution < 1.29 is 14.6 Å². The van der Waals surface area contributed by atoms with E-state index in [0.717, 1.165) is 17.7 Å². The van der Waals surface area contributed by atoms with Crippen molar-refractivity contribution in [3.8, 4) is 5.75 Å².